The van der Waals surface area contributed by atoms with Gasteiger partial charge >= 0.3 is 0 Å². The van der Waals surface area contributed by atoms with Gasteiger partial charge in [0.05, 0.1) is 38.5 Å². The van der Waals surface area contributed by atoms with Gasteiger partial charge in [-0.2, -0.15) is 5.26 Å². The Morgan fingerprint density at radius 3 is 2.33 bits per heavy atom. The molecule has 3 aromatic rings. The number of fused-ring (bicyclic) bond motifs is 1. The van der Waals surface area contributed by atoms with Crippen molar-refractivity contribution in [1.82, 2.24) is 15.2 Å². The second-order valence-electron chi connectivity index (χ2n) is 6.44. The number of aromatic nitrogens is 3. The summed E-state index contributed by atoms with van der Waals surface area (Å²) in [6.07, 6.45) is 3.35. The van der Waals surface area contributed by atoms with Crippen LogP contribution in [0.5, 0.6) is 23.1 Å². The molecule has 0 amide bonds. The molecule has 0 spiro atoms. The van der Waals surface area contributed by atoms with E-state index in [-0.39, 0.29) is 11.5 Å². The monoisotopic (exact) mass is 405 g/mol. The molecule has 4 rings (SSSR count). The largest absolute Gasteiger partial charge is 0.493 e. The van der Waals surface area contributed by atoms with Crippen LogP contribution >= 0.6 is 0 Å². The van der Waals surface area contributed by atoms with E-state index < -0.39 is 5.92 Å². The van der Waals surface area contributed by atoms with Gasteiger partial charge in [-0.25, -0.2) is 0 Å². The van der Waals surface area contributed by atoms with E-state index in [1.165, 1.54) is 21.3 Å². The molecule has 152 valence electrons. The summed E-state index contributed by atoms with van der Waals surface area (Å²) in [5, 5.41) is 17.1. The quantitative estimate of drug-likeness (QED) is 0.663. The lowest BCUT2D eigenvalue weighted by atomic mass is 9.83. The first-order valence-corrected chi connectivity index (χ1v) is 8.99. The number of rotatable bonds is 5. The average Bonchev–Trinajstić information content (AvgIpc) is 3.20. The molecule has 1 aliphatic rings. The molecule has 3 N–H and O–H groups in total. The van der Waals surface area contributed by atoms with Crippen molar-refractivity contribution in [3.05, 3.63) is 59.2 Å². The van der Waals surface area contributed by atoms with E-state index in [0.717, 1.165) is 5.56 Å². The normalized spacial score (nSPS) is 15.1. The summed E-state index contributed by atoms with van der Waals surface area (Å²) in [6.45, 7) is 0. The molecule has 0 unspecified atom stereocenters. The Morgan fingerprint density at radius 1 is 1.10 bits per heavy atom. The number of hydrogen-bond donors (Lipinski definition) is 2. The molecule has 0 bridgehead atoms. The fraction of sp³-hybridized carbons (Fsp3) is 0.190. The molecule has 0 radical (unpaired) electrons. The molecule has 3 heterocycles. The Morgan fingerprint density at radius 2 is 1.77 bits per heavy atom. The number of nitrogens with zero attached hydrogens (tertiary/aromatic N) is 3. The predicted molar refractivity (Wildman–Crippen MR) is 107 cm³/mol. The molecule has 9 nitrogen and oxygen atoms in total. The van der Waals surface area contributed by atoms with Gasteiger partial charge in [0.1, 0.15) is 11.6 Å². The Balaban J connectivity index is 1.99. The fourth-order valence-corrected chi connectivity index (χ4v) is 3.59. The molecule has 0 aliphatic carbocycles. The Labute approximate surface area is 172 Å². The highest BCUT2D eigenvalue weighted by Gasteiger charge is 2.36. The summed E-state index contributed by atoms with van der Waals surface area (Å²) in [4.78, 5) is 4.06. The number of methoxy groups -OCH3 is 3. The van der Waals surface area contributed by atoms with Crippen LogP contribution in [0.25, 0.3) is 11.3 Å². The molecule has 0 fully saturated rings. The van der Waals surface area contributed by atoms with E-state index in [1.54, 1.807) is 24.5 Å². The van der Waals surface area contributed by atoms with Crippen LogP contribution in [-0.2, 0) is 0 Å². The standard InChI is InChI=1S/C21H19N5O4/c1-27-14-8-12(9-15(28-2)19(14)29-3)16-13(10-22)20(23)30-21-17(16)18(25-26-21)11-4-6-24-7-5-11/h4-9,16H,23H2,1-3H3,(H,25,26)/t16-/m1/s1. The lowest BCUT2D eigenvalue weighted by molar-refractivity contribution is 0.323. The molecule has 9 heteroatoms. The van der Waals surface area contributed by atoms with Crippen molar-refractivity contribution in [3.8, 4) is 40.5 Å². The first kappa shape index (κ1) is 19.1. The molecular weight excluding hydrogens is 386 g/mol. The summed E-state index contributed by atoms with van der Waals surface area (Å²) in [5.74, 6) is 1.12. The zero-order valence-corrected chi connectivity index (χ0v) is 16.6. The zero-order valence-electron chi connectivity index (χ0n) is 16.6. The van der Waals surface area contributed by atoms with Crippen LogP contribution in [-0.4, -0.2) is 36.5 Å². The highest BCUT2D eigenvalue weighted by Crippen LogP contribution is 2.49. The van der Waals surface area contributed by atoms with Gasteiger partial charge in [0, 0.05) is 18.0 Å². The van der Waals surface area contributed by atoms with E-state index in [4.69, 9.17) is 24.7 Å². The molecule has 1 aromatic carbocycles. The van der Waals surface area contributed by atoms with Crippen molar-refractivity contribution in [2.45, 2.75) is 5.92 Å². The third kappa shape index (κ3) is 2.95. The van der Waals surface area contributed by atoms with E-state index in [2.05, 4.69) is 21.3 Å². The fourth-order valence-electron chi connectivity index (χ4n) is 3.59. The van der Waals surface area contributed by atoms with Gasteiger partial charge < -0.3 is 24.7 Å². The lowest BCUT2D eigenvalue weighted by Gasteiger charge is -2.25. The number of benzene rings is 1. The van der Waals surface area contributed by atoms with Crippen LogP contribution in [0.3, 0.4) is 0 Å². The lowest BCUT2D eigenvalue weighted by Crippen LogP contribution is -2.21. The van der Waals surface area contributed by atoms with Gasteiger partial charge in [0.2, 0.25) is 17.5 Å². The molecule has 1 aliphatic heterocycles. The van der Waals surface area contributed by atoms with E-state index in [1.807, 2.05) is 12.1 Å². The van der Waals surface area contributed by atoms with Crippen LogP contribution in [0, 0.1) is 11.3 Å². The minimum atomic E-state index is -0.561. The molecule has 1 atom stereocenters. The number of nitrogens with one attached hydrogen (secondary N) is 1. The van der Waals surface area contributed by atoms with E-state index in [0.29, 0.717) is 39.9 Å². The Bertz CT molecular complexity index is 1140. The van der Waals surface area contributed by atoms with Crippen molar-refractivity contribution in [3.63, 3.8) is 0 Å². The third-order valence-electron chi connectivity index (χ3n) is 4.93. The van der Waals surface area contributed by atoms with Gasteiger partial charge in [0.15, 0.2) is 11.5 Å². The first-order chi connectivity index (χ1) is 14.6. The zero-order chi connectivity index (χ0) is 21.3. The van der Waals surface area contributed by atoms with Crippen LogP contribution < -0.4 is 24.7 Å². The van der Waals surface area contributed by atoms with Crippen molar-refractivity contribution in [2.75, 3.05) is 21.3 Å². The topological polar surface area (TPSA) is 128 Å². The van der Waals surface area contributed by atoms with Gasteiger partial charge in [-0.3, -0.25) is 10.1 Å². The number of H-pyrrole nitrogens is 1. The van der Waals surface area contributed by atoms with Crippen LogP contribution in [0.2, 0.25) is 0 Å². The van der Waals surface area contributed by atoms with Gasteiger partial charge in [-0.15, -0.1) is 5.10 Å². The maximum Gasteiger partial charge on any atom is 0.244 e. The Hall–Kier alpha value is -4.19. The number of nitrogens with two attached hydrogens (primary N) is 1. The maximum absolute atomic E-state index is 9.88. The van der Waals surface area contributed by atoms with Crippen molar-refractivity contribution < 1.29 is 18.9 Å². The highest BCUT2D eigenvalue weighted by atomic mass is 16.5. The number of hydrogen-bond acceptors (Lipinski definition) is 8. The molecule has 30 heavy (non-hydrogen) atoms. The van der Waals surface area contributed by atoms with E-state index >= 15 is 0 Å². The average molecular weight is 405 g/mol. The molecule has 0 saturated heterocycles. The Kier molecular flexibility index (Phi) is 4.90. The number of nitriles is 1. The predicted octanol–water partition coefficient (Wildman–Crippen LogP) is 2.72. The van der Waals surface area contributed by atoms with Crippen LogP contribution in [0.15, 0.2) is 48.1 Å². The van der Waals surface area contributed by atoms with Gasteiger partial charge in [-0.05, 0) is 29.8 Å². The van der Waals surface area contributed by atoms with Gasteiger partial charge in [-0.1, -0.05) is 0 Å². The van der Waals surface area contributed by atoms with Gasteiger partial charge in [0.25, 0.3) is 0 Å². The number of pyridine rings is 1. The summed E-state index contributed by atoms with van der Waals surface area (Å²) < 4.78 is 22.0. The summed E-state index contributed by atoms with van der Waals surface area (Å²) in [7, 11) is 4.60. The molecule has 2 aromatic heterocycles. The minimum Gasteiger partial charge on any atom is -0.493 e. The number of allylic oxidation sites excluding steroid dienone is 1. The highest BCUT2D eigenvalue weighted by molar-refractivity contribution is 5.71. The molecular formula is C21H19N5O4. The third-order valence-corrected chi connectivity index (χ3v) is 4.93. The van der Waals surface area contributed by atoms with Crippen molar-refractivity contribution in [2.24, 2.45) is 5.73 Å². The molecule has 0 saturated carbocycles. The van der Waals surface area contributed by atoms with Crippen molar-refractivity contribution >= 4 is 0 Å². The van der Waals surface area contributed by atoms with Crippen molar-refractivity contribution in [1.29, 1.82) is 5.26 Å². The van der Waals surface area contributed by atoms with Crippen LogP contribution in [0.1, 0.15) is 17.0 Å². The minimum absolute atomic E-state index is 0.00321. The van der Waals surface area contributed by atoms with E-state index in [9.17, 15) is 5.26 Å². The van der Waals surface area contributed by atoms with Crippen LogP contribution in [0.4, 0.5) is 0 Å². The second-order valence-corrected chi connectivity index (χ2v) is 6.44. The summed E-state index contributed by atoms with van der Waals surface area (Å²) in [6, 6.07) is 9.43. The summed E-state index contributed by atoms with van der Waals surface area (Å²) >= 11 is 0. The second kappa shape index (κ2) is 7.67. The maximum atomic E-state index is 9.88. The number of ether oxygens (including phenoxy) is 4. The number of aromatic amines is 1. The first-order valence-electron chi connectivity index (χ1n) is 8.99. The smallest absolute Gasteiger partial charge is 0.244 e. The SMILES string of the molecule is COc1cc([C@@H]2C(C#N)=C(N)Oc3n[nH]c(-c4ccncc4)c32)cc(OC)c1OC. The summed E-state index contributed by atoms with van der Waals surface area (Å²) in [5.41, 5.74) is 9.26.